The molecule has 0 fully saturated rings. The van der Waals surface area contributed by atoms with E-state index >= 15 is 0 Å². The molecule has 0 atom stereocenters. The molecular weight excluding hydrogens is 230 g/mol. The van der Waals surface area contributed by atoms with Gasteiger partial charge in [-0.25, -0.2) is 0 Å². The Balaban J connectivity index is 2.13. The largest absolute Gasteiger partial charge is 0.491 e. The first-order valence-electron chi connectivity index (χ1n) is 6.35. The lowest BCUT2D eigenvalue weighted by atomic mass is 10.1. The van der Waals surface area contributed by atoms with Gasteiger partial charge in [-0.15, -0.1) is 0 Å². The average Bonchev–Trinajstić information content (AvgIpc) is 2.39. The molecule has 0 aromatic heterocycles. The van der Waals surface area contributed by atoms with Crippen LogP contribution in [0.25, 0.3) is 0 Å². The molecule has 1 aromatic carbocycles. The van der Waals surface area contributed by atoms with E-state index in [1.807, 2.05) is 18.2 Å². The monoisotopic (exact) mass is 253 g/mol. The summed E-state index contributed by atoms with van der Waals surface area (Å²) in [4.78, 5) is 0. The summed E-state index contributed by atoms with van der Waals surface area (Å²) in [5.74, 6) is 0.876. The molecule has 18 heavy (non-hydrogen) atoms. The fourth-order valence-electron chi connectivity index (χ4n) is 1.58. The Morgan fingerprint density at radius 2 is 2.00 bits per heavy atom. The summed E-state index contributed by atoms with van der Waals surface area (Å²) in [6.07, 6.45) is 1.80. The van der Waals surface area contributed by atoms with E-state index in [1.54, 1.807) is 7.11 Å². The van der Waals surface area contributed by atoms with E-state index in [0.29, 0.717) is 26.4 Å². The lowest BCUT2D eigenvalue weighted by Crippen LogP contribution is -2.09. The third-order valence-corrected chi connectivity index (χ3v) is 2.46. The van der Waals surface area contributed by atoms with Crippen LogP contribution in [0, 0.1) is 0 Å². The molecule has 0 radical (unpaired) electrons. The van der Waals surface area contributed by atoms with E-state index in [9.17, 15) is 0 Å². The topological polar surface area (TPSA) is 53.7 Å². The molecule has 0 unspecified atom stereocenters. The number of hydrogen-bond donors (Lipinski definition) is 1. The highest BCUT2D eigenvalue weighted by Gasteiger charge is 1.96. The summed E-state index contributed by atoms with van der Waals surface area (Å²) in [5, 5.41) is 0. The molecule has 0 bridgehead atoms. The van der Waals surface area contributed by atoms with E-state index < -0.39 is 0 Å². The molecule has 0 aliphatic heterocycles. The van der Waals surface area contributed by atoms with Gasteiger partial charge in [0, 0.05) is 20.3 Å². The molecule has 4 heteroatoms. The van der Waals surface area contributed by atoms with Crippen LogP contribution in [0.15, 0.2) is 24.3 Å². The van der Waals surface area contributed by atoms with Gasteiger partial charge in [-0.05, 0) is 37.1 Å². The first-order chi connectivity index (χ1) is 8.86. The lowest BCUT2D eigenvalue weighted by molar-refractivity contribution is 0.0806. The van der Waals surface area contributed by atoms with E-state index in [4.69, 9.17) is 19.9 Å². The van der Waals surface area contributed by atoms with Crippen molar-refractivity contribution in [2.75, 3.05) is 40.1 Å². The van der Waals surface area contributed by atoms with Crippen LogP contribution in [-0.2, 0) is 15.9 Å². The Morgan fingerprint density at radius 3 is 2.78 bits per heavy atom. The summed E-state index contributed by atoms with van der Waals surface area (Å²) in [6, 6.07) is 8.02. The van der Waals surface area contributed by atoms with Crippen LogP contribution in [0.5, 0.6) is 5.75 Å². The summed E-state index contributed by atoms with van der Waals surface area (Å²) in [5.41, 5.74) is 6.72. The second-order valence-corrected chi connectivity index (χ2v) is 3.99. The highest BCUT2D eigenvalue weighted by Crippen LogP contribution is 2.13. The normalized spacial score (nSPS) is 10.6. The van der Waals surface area contributed by atoms with Crippen molar-refractivity contribution in [3.05, 3.63) is 29.8 Å². The van der Waals surface area contributed by atoms with Crippen molar-refractivity contribution in [3.8, 4) is 5.75 Å². The number of rotatable bonds is 10. The van der Waals surface area contributed by atoms with Gasteiger partial charge >= 0.3 is 0 Å². The van der Waals surface area contributed by atoms with Crippen molar-refractivity contribution >= 4 is 0 Å². The van der Waals surface area contributed by atoms with E-state index in [2.05, 4.69) is 6.07 Å². The fraction of sp³-hybridized carbons (Fsp3) is 0.571. The lowest BCUT2D eigenvalue weighted by Gasteiger charge is -2.08. The number of ether oxygens (including phenoxy) is 3. The van der Waals surface area contributed by atoms with E-state index in [0.717, 1.165) is 25.2 Å². The highest BCUT2D eigenvalue weighted by atomic mass is 16.5. The number of nitrogens with two attached hydrogens (primary N) is 1. The van der Waals surface area contributed by atoms with Crippen LogP contribution in [0.4, 0.5) is 0 Å². The SMILES string of the molecule is COCCCOCCOc1cccc(CCN)c1. The Bertz CT molecular complexity index is 318. The molecule has 2 N–H and O–H groups in total. The maximum atomic E-state index is 5.60. The van der Waals surface area contributed by atoms with Crippen molar-refractivity contribution < 1.29 is 14.2 Å². The minimum atomic E-state index is 0.569. The Hall–Kier alpha value is -1.10. The predicted octanol–water partition coefficient (Wildman–Crippen LogP) is 1.62. The van der Waals surface area contributed by atoms with Gasteiger partial charge in [-0.2, -0.15) is 0 Å². The van der Waals surface area contributed by atoms with Crippen LogP contribution in [-0.4, -0.2) is 40.1 Å². The number of benzene rings is 1. The predicted molar refractivity (Wildman–Crippen MR) is 72.0 cm³/mol. The maximum Gasteiger partial charge on any atom is 0.119 e. The van der Waals surface area contributed by atoms with Gasteiger partial charge in [-0.1, -0.05) is 12.1 Å². The summed E-state index contributed by atoms with van der Waals surface area (Å²) in [7, 11) is 1.69. The first kappa shape index (κ1) is 15.0. The third-order valence-electron chi connectivity index (χ3n) is 2.46. The van der Waals surface area contributed by atoms with Crippen LogP contribution in [0.3, 0.4) is 0 Å². The van der Waals surface area contributed by atoms with Crippen molar-refractivity contribution in [1.29, 1.82) is 0 Å². The van der Waals surface area contributed by atoms with Crippen LogP contribution in [0.2, 0.25) is 0 Å². The standard InChI is InChI=1S/C14H23NO3/c1-16-8-3-9-17-10-11-18-14-5-2-4-13(12-14)6-7-15/h2,4-5,12H,3,6-11,15H2,1H3. The van der Waals surface area contributed by atoms with Crippen LogP contribution in [0.1, 0.15) is 12.0 Å². The zero-order chi connectivity index (χ0) is 13.1. The van der Waals surface area contributed by atoms with Crippen LogP contribution >= 0.6 is 0 Å². The number of hydrogen-bond acceptors (Lipinski definition) is 4. The second kappa shape index (κ2) is 9.88. The van der Waals surface area contributed by atoms with Gasteiger partial charge in [0.05, 0.1) is 6.61 Å². The Labute approximate surface area is 109 Å². The Morgan fingerprint density at radius 1 is 1.11 bits per heavy atom. The minimum Gasteiger partial charge on any atom is -0.491 e. The Kier molecular flexibility index (Phi) is 8.21. The van der Waals surface area contributed by atoms with Gasteiger partial charge < -0.3 is 19.9 Å². The molecule has 0 amide bonds. The van der Waals surface area contributed by atoms with Crippen molar-refractivity contribution in [1.82, 2.24) is 0 Å². The zero-order valence-electron chi connectivity index (χ0n) is 11.1. The van der Waals surface area contributed by atoms with Crippen molar-refractivity contribution in [3.63, 3.8) is 0 Å². The molecule has 1 aromatic rings. The third kappa shape index (κ3) is 6.59. The van der Waals surface area contributed by atoms with Gasteiger partial charge in [0.1, 0.15) is 12.4 Å². The van der Waals surface area contributed by atoms with Crippen molar-refractivity contribution in [2.24, 2.45) is 5.73 Å². The van der Waals surface area contributed by atoms with Gasteiger partial charge in [0.2, 0.25) is 0 Å². The smallest absolute Gasteiger partial charge is 0.119 e. The van der Waals surface area contributed by atoms with Gasteiger partial charge in [-0.3, -0.25) is 0 Å². The fourth-order valence-corrected chi connectivity index (χ4v) is 1.58. The molecule has 4 nitrogen and oxygen atoms in total. The molecule has 102 valence electrons. The zero-order valence-corrected chi connectivity index (χ0v) is 11.1. The highest BCUT2D eigenvalue weighted by molar-refractivity contribution is 5.28. The quantitative estimate of drug-likeness (QED) is 0.644. The molecule has 0 saturated heterocycles. The molecule has 1 rings (SSSR count). The average molecular weight is 253 g/mol. The molecule has 0 heterocycles. The summed E-state index contributed by atoms with van der Waals surface area (Å²) < 4.78 is 15.9. The molecular formula is C14H23NO3. The number of methoxy groups -OCH3 is 1. The molecule has 0 spiro atoms. The van der Waals surface area contributed by atoms with E-state index in [1.165, 1.54) is 5.56 Å². The molecule has 0 saturated carbocycles. The minimum absolute atomic E-state index is 0.569. The van der Waals surface area contributed by atoms with Crippen molar-refractivity contribution in [2.45, 2.75) is 12.8 Å². The van der Waals surface area contributed by atoms with Gasteiger partial charge in [0.25, 0.3) is 0 Å². The molecule has 0 aliphatic carbocycles. The van der Waals surface area contributed by atoms with E-state index in [-0.39, 0.29) is 0 Å². The first-order valence-corrected chi connectivity index (χ1v) is 6.35. The summed E-state index contributed by atoms with van der Waals surface area (Å²) >= 11 is 0. The van der Waals surface area contributed by atoms with Crippen LogP contribution < -0.4 is 10.5 Å². The second-order valence-electron chi connectivity index (χ2n) is 3.99. The van der Waals surface area contributed by atoms with Gasteiger partial charge in [0.15, 0.2) is 0 Å². The summed E-state index contributed by atoms with van der Waals surface area (Å²) in [6.45, 7) is 3.28. The maximum absolute atomic E-state index is 5.60. The molecule has 0 aliphatic rings.